The van der Waals surface area contributed by atoms with Crippen LogP contribution < -0.4 is 5.73 Å². The molecular weight excluding hydrogens is 258 g/mol. The molecule has 0 atom stereocenters. The summed E-state index contributed by atoms with van der Waals surface area (Å²) in [4.78, 5) is 22.6. The third-order valence-corrected chi connectivity index (χ3v) is 2.46. The molecule has 1 aromatic rings. The fourth-order valence-electron chi connectivity index (χ4n) is 1.39. The minimum atomic E-state index is -0.432. The monoisotopic (exact) mass is 277 g/mol. The molecule has 0 aromatic heterocycles. The number of anilines is 1. The molecule has 0 unspecified atom stereocenters. The highest BCUT2D eigenvalue weighted by molar-refractivity contribution is 5.86. The van der Waals surface area contributed by atoms with E-state index < -0.39 is 5.97 Å². The van der Waals surface area contributed by atoms with Gasteiger partial charge in [-0.05, 0) is 24.6 Å². The molecule has 1 aromatic carbocycles. The molecule has 20 heavy (non-hydrogen) atoms. The molecule has 5 nitrogen and oxygen atoms in total. The Bertz CT molecular complexity index is 479. The Morgan fingerprint density at radius 3 is 2.35 bits per heavy atom. The summed E-state index contributed by atoms with van der Waals surface area (Å²) in [7, 11) is 0. The maximum atomic E-state index is 11.5. The molecule has 0 aliphatic rings. The molecule has 0 bridgehead atoms. The highest BCUT2D eigenvalue weighted by Crippen LogP contribution is 2.06. The molecule has 1 rings (SSSR count). The smallest absolute Gasteiger partial charge is 0.333 e. The van der Waals surface area contributed by atoms with Crippen molar-refractivity contribution in [1.29, 1.82) is 0 Å². The quantitative estimate of drug-likeness (QED) is 0.356. The second kappa shape index (κ2) is 7.99. The lowest BCUT2D eigenvalue weighted by Crippen LogP contribution is -2.12. The molecule has 0 saturated heterocycles. The van der Waals surface area contributed by atoms with Gasteiger partial charge in [-0.3, -0.25) is 4.79 Å². The minimum Gasteiger partial charge on any atom is -0.465 e. The van der Waals surface area contributed by atoms with E-state index in [1.165, 1.54) is 0 Å². The molecule has 0 heterocycles. The summed E-state index contributed by atoms with van der Waals surface area (Å²) in [5.41, 5.74) is 7.40. The van der Waals surface area contributed by atoms with Gasteiger partial charge in [0.25, 0.3) is 0 Å². The van der Waals surface area contributed by atoms with Gasteiger partial charge >= 0.3 is 11.9 Å². The maximum absolute atomic E-state index is 11.5. The van der Waals surface area contributed by atoms with Crippen molar-refractivity contribution in [2.45, 2.75) is 19.8 Å². The van der Waals surface area contributed by atoms with Crippen molar-refractivity contribution in [1.82, 2.24) is 0 Å². The Morgan fingerprint density at radius 2 is 1.75 bits per heavy atom. The zero-order valence-electron chi connectivity index (χ0n) is 11.6. The van der Waals surface area contributed by atoms with Gasteiger partial charge in [0.1, 0.15) is 0 Å². The van der Waals surface area contributed by atoms with Crippen LogP contribution in [0, 0.1) is 0 Å². The standard InChI is InChI=1S/C15H19NO4/c1-11(2)15(18)20-9-3-8-19-14(17)10-12-4-6-13(16)7-5-12/h4-7H,1,3,8-10,16H2,2H3. The first-order valence-corrected chi connectivity index (χ1v) is 6.31. The van der Waals surface area contributed by atoms with Gasteiger partial charge in [-0.1, -0.05) is 18.7 Å². The van der Waals surface area contributed by atoms with E-state index in [1.54, 1.807) is 31.2 Å². The molecule has 0 spiro atoms. The van der Waals surface area contributed by atoms with Gasteiger partial charge in [0.2, 0.25) is 0 Å². The molecule has 0 aliphatic carbocycles. The van der Waals surface area contributed by atoms with E-state index in [-0.39, 0.29) is 25.6 Å². The van der Waals surface area contributed by atoms with Gasteiger partial charge in [0.15, 0.2) is 0 Å². The van der Waals surface area contributed by atoms with Gasteiger partial charge in [0, 0.05) is 17.7 Å². The first-order chi connectivity index (χ1) is 9.49. The number of nitrogen functional groups attached to an aromatic ring is 1. The van der Waals surface area contributed by atoms with Crippen molar-refractivity contribution in [3.05, 3.63) is 42.0 Å². The summed E-state index contributed by atoms with van der Waals surface area (Å²) >= 11 is 0. The van der Waals surface area contributed by atoms with Crippen molar-refractivity contribution in [3.8, 4) is 0 Å². The second-order valence-electron chi connectivity index (χ2n) is 4.41. The highest BCUT2D eigenvalue weighted by Gasteiger charge is 2.06. The minimum absolute atomic E-state index is 0.200. The van der Waals surface area contributed by atoms with E-state index in [4.69, 9.17) is 15.2 Å². The average molecular weight is 277 g/mol. The summed E-state index contributed by atoms with van der Waals surface area (Å²) in [5, 5.41) is 0. The van der Waals surface area contributed by atoms with E-state index in [0.29, 0.717) is 17.7 Å². The van der Waals surface area contributed by atoms with Crippen LogP contribution in [0.5, 0.6) is 0 Å². The number of carbonyl (C=O) groups is 2. The van der Waals surface area contributed by atoms with Crippen LogP contribution in [-0.4, -0.2) is 25.2 Å². The van der Waals surface area contributed by atoms with Crippen LogP contribution in [0.4, 0.5) is 5.69 Å². The summed E-state index contributed by atoms with van der Waals surface area (Å²) in [5.74, 6) is -0.751. The first kappa shape index (κ1) is 15.8. The summed E-state index contributed by atoms with van der Waals surface area (Å²) < 4.78 is 9.91. The van der Waals surface area contributed by atoms with Crippen LogP contribution in [0.1, 0.15) is 18.9 Å². The van der Waals surface area contributed by atoms with E-state index in [1.807, 2.05) is 0 Å². The van der Waals surface area contributed by atoms with E-state index >= 15 is 0 Å². The van der Waals surface area contributed by atoms with Crippen molar-refractivity contribution in [2.75, 3.05) is 18.9 Å². The zero-order valence-corrected chi connectivity index (χ0v) is 11.6. The topological polar surface area (TPSA) is 78.6 Å². The van der Waals surface area contributed by atoms with E-state index in [2.05, 4.69) is 6.58 Å². The fourth-order valence-corrected chi connectivity index (χ4v) is 1.39. The Hall–Kier alpha value is -2.30. The molecule has 108 valence electrons. The van der Waals surface area contributed by atoms with Gasteiger partial charge in [-0.2, -0.15) is 0 Å². The Morgan fingerprint density at radius 1 is 1.15 bits per heavy atom. The zero-order chi connectivity index (χ0) is 15.0. The maximum Gasteiger partial charge on any atom is 0.333 e. The molecule has 0 amide bonds. The number of esters is 2. The van der Waals surface area contributed by atoms with Crippen LogP contribution in [-0.2, 0) is 25.5 Å². The lowest BCUT2D eigenvalue weighted by Gasteiger charge is -2.06. The number of hydrogen-bond acceptors (Lipinski definition) is 5. The van der Waals surface area contributed by atoms with Crippen LogP contribution in [0.25, 0.3) is 0 Å². The molecule has 0 saturated carbocycles. The van der Waals surface area contributed by atoms with Crippen molar-refractivity contribution >= 4 is 17.6 Å². The molecular formula is C15H19NO4. The van der Waals surface area contributed by atoms with Gasteiger partial charge in [0.05, 0.1) is 19.6 Å². The van der Waals surface area contributed by atoms with Gasteiger partial charge in [-0.25, -0.2) is 4.79 Å². The van der Waals surface area contributed by atoms with Gasteiger partial charge < -0.3 is 15.2 Å². The largest absolute Gasteiger partial charge is 0.465 e. The molecule has 2 N–H and O–H groups in total. The molecule has 0 aliphatic heterocycles. The van der Waals surface area contributed by atoms with E-state index in [0.717, 1.165) is 5.56 Å². The van der Waals surface area contributed by atoms with Crippen LogP contribution >= 0.6 is 0 Å². The Kier molecular flexibility index (Phi) is 6.29. The normalized spacial score (nSPS) is 9.85. The molecule has 0 radical (unpaired) electrons. The number of ether oxygens (including phenoxy) is 2. The lowest BCUT2D eigenvalue weighted by atomic mass is 10.1. The molecule has 5 heteroatoms. The predicted octanol–water partition coefficient (Wildman–Crippen LogP) is 1.86. The van der Waals surface area contributed by atoms with Crippen molar-refractivity contribution < 1.29 is 19.1 Å². The Balaban J connectivity index is 2.16. The molecule has 0 fully saturated rings. The number of carbonyl (C=O) groups excluding carboxylic acids is 2. The third kappa shape index (κ3) is 6.04. The number of hydrogen-bond donors (Lipinski definition) is 1. The SMILES string of the molecule is C=C(C)C(=O)OCCCOC(=O)Cc1ccc(N)cc1. The lowest BCUT2D eigenvalue weighted by molar-refractivity contribution is -0.144. The van der Waals surface area contributed by atoms with E-state index in [9.17, 15) is 9.59 Å². The number of rotatable bonds is 7. The number of nitrogens with two attached hydrogens (primary N) is 1. The second-order valence-corrected chi connectivity index (χ2v) is 4.41. The Labute approximate surface area is 118 Å². The third-order valence-electron chi connectivity index (χ3n) is 2.46. The fraction of sp³-hybridized carbons (Fsp3) is 0.333. The summed E-state index contributed by atoms with van der Waals surface area (Å²) in [6.45, 7) is 5.47. The highest BCUT2D eigenvalue weighted by atomic mass is 16.5. The van der Waals surface area contributed by atoms with Crippen molar-refractivity contribution in [3.63, 3.8) is 0 Å². The van der Waals surface area contributed by atoms with Crippen LogP contribution in [0.2, 0.25) is 0 Å². The van der Waals surface area contributed by atoms with Crippen molar-refractivity contribution in [2.24, 2.45) is 0 Å². The van der Waals surface area contributed by atoms with Crippen LogP contribution in [0.3, 0.4) is 0 Å². The van der Waals surface area contributed by atoms with Crippen LogP contribution in [0.15, 0.2) is 36.4 Å². The summed E-state index contributed by atoms with van der Waals surface area (Å²) in [6, 6.07) is 7.04. The number of benzene rings is 1. The summed E-state index contributed by atoms with van der Waals surface area (Å²) in [6.07, 6.45) is 0.665. The predicted molar refractivity (Wildman–Crippen MR) is 75.9 cm³/mol. The first-order valence-electron chi connectivity index (χ1n) is 6.31. The average Bonchev–Trinajstić information content (AvgIpc) is 2.40. The van der Waals surface area contributed by atoms with Gasteiger partial charge in [-0.15, -0.1) is 0 Å².